The van der Waals surface area contributed by atoms with Crippen molar-refractivity contribution in [3.05, 3.63) is 58.8 Å². The van der Waals surface area contributed by atoms with Gasteiger partial charge in [-0.1, -0.05) is 11.6 Å². The molecule has 0 aliphatic rings. The Morgan fingerprint density at radius 2 is 2.17 bits per heavy atom. The van der Waals surface area contributed by atoms with Crippen LogP contribution in [0.25, 0.3) is 0 Å². The second-order valence-corrected chi connectivity index (χ2v) is 5.97. The highest BCUT2D eigenvalue weighted by Gasteiger charge is 2.12. The number of nitrogens with one attached hydrogen (secondary N) is 2. The summed E-state index contributed by atoms with van der Waals surface area (Å²) in [5, 5.41) is 8.56. The highest BCUT2D eigenvalue weighted by molar-refractivity contribution is 7.14. The van der Waals surface area contributed by atoms with Crippen molar-refractivity contribution in [2.75, 3.05) is 17.7 Å². The Hall–Kier alpha value is -2.64. The quantitative estimate of drug-likeness (QED) is 0.713. The monoisotopic (exact) mass is 360 g/mol. The summed E-state index contributed by atoms with van der Waals surface area (Å²) < 4.78 is 5.08. The lowest BCUT2D eigenvalue weighted by Gasteiger charge is -2.07. The molecule has 0 fully saturated rings. The van der Waals surface area contributed by atoms with E-state index in [9.17, 15) is 4.79 Å². The number of methoxy groups -OCH3 is 1. The Kier molecular flexibility index (Phi) is 4.93. The average Bonchev–Trinajstić information content (AvgIpc) is 3.04. The molecule has 6 nitrogen and oxygen atoms in total. The van der Waals surface area contributed by atoms with Crippen LogP contribution in [0.4, 0.5) is 16.5 Å². The number of aromatic nitrogens is 2. The van der Waals surface area contributed by atoms with Gasteiger partial charge in [0.25, 0.3) is 5.91 Å². The highest BCUT2D eigenvalue weighted by atomic mass is 35.5. The number of hydrogen-bond acceptors (Lipinski definition) is 6. The maximum Gasteiger partial charge on any atom is 0.275 e. The lowest BCUT2D eigenvalue weighted by molar-refractivity contribution is 0.102. The van der Waals surface area contributed by atoms with Crippen molar-refractivity contribution in [2.45, 2.75) is 0 Å². The molecule has 3 aromatic rings. The molecule has 0 aliphatic carbocycles. The molecule has 24 heavy (non-hydrogen) atoms. The molecule has 0 saturated heterocycles. The summed E-state index contributed by atoms with van der Waals surface area (Å²) in [6, 6.07) is 8.71. The van der Waals surface area contributed by atoms with Crippen LogP contribution in [0.15, 0.2) is 48.1 Å². The minimum atomic E-state index is -0.313. The fraction of sp³-hybridized carbons (Fsp3) is 0.0625. The van der Waals surface area contributed by atoms with Crippen LogP contribution in [0.3, 0.4) is 0 Å². The van der Waals surface area contributed by atoms with E-state index in [-0.39, 0.29) is 5.91 Å². The molecule has 0 radical (unpaired) electrons. The van der Waals surface area contributed by atoms with Crippen molar-refractivity contribution < 1.29 is 9.53 Å². The number of rotatable bonds is 5. The number of pyridine rings is 1. The van der Waals surface area contributed by atoms with Crippen molar-refractivity contribution in [1.29, 1.82) is 0 Å². The summed E-state index contributed by atoms with van der Waals surface area (Å²) >= 11 is 7.38. The normalized spacial score (nSPS) is 10.2. The van der Waals surface area contributed by atoms with Gasteiger partial charge in [0.2, 0.25) is 0 Å². The summed E-state index contributed by atoms with van der Waals surface area (Å²) in [6.07, 6.45) is 3.37. The van der Waals surface area contributed by atoms with Crippen LogP contribution in [0.5, 0.6) is 5.75 Å². The number of ether oxygens (including phenoxy) is 1. The van der Waals surface area contributed by atoms with Gasteiger partial charge in [0.05, 0.1) is 24.0 Å². The Labute approximate surface area is 147 Å². The molecule has 2 N–H and O–H groups in total. The van der Waals surface area contributed by atoms with E-state index in [0.29, 0.717) is 27.3 Å². The zero-order chi connectivity index (χ0) is 16.9. The molecule has 0 atom stereocenters. The number of hydrogen-bond donors (Lipinski definition) is 2. The Morgan fingerprint density at radius 1 is 1.29 bits per heavy atom. The smallest absolute Gasteiger partial charge is 0.275 e. The first kappa shape index (κ1) is 16.2. The van der Waals surface area contributed by atoms with Crippen molar-refractivity contribution in [3.63, 3.8) is 0 Å². The molecule has 3 rings (SSSR count). The Bertz CT molecular complexity index is 854. The topological polar surface area (TPSA) is 76.1 Å². The molecule has 0 aliphatic heterocycles. The number of benzene rings is 1. The number of anilines is 3. The van der Waals surface area contributed by atoms with Gasteiger partial charge in [-0.25, -0.2) is 4.98 Å². The van der Waals surface area contributed by atoms with E-state index in [1.807, 2.05) is 12.1 Å². The third-order valence-corrected chi connectivity index (χ3v) is 4.11. The number of halogens is 1. The summed E-state index contributed by atoms with van der Waals surface area (Å²) in [6.45, 7) is 0. The molecule has 0 spiro atoms. The lowest BCUT2D eigenvalue weighted by Crippen LogP contribution is -2.12. The van der Waals surface area contributed by atoms with Crippen molar-refractivity contribution in [1.82, 2.24) is 9.97 Å². The summed E-state index contributed by atoms with van der Waals surface area (Å²) in [5.74, 6) is 0.234. The second kappa shape index (κ2) is 7.29. The number of carbonyl (C=O) groups excluding carboxylic acids is 1. The Balaban J connectivity index is 1.68. The summed E-state index contributed by atoms with van der Waals surface area (Å²) in [4.78, 5) is 20.5. The molecule has 1 amide bonds. The molecule has 122 valence electrons. The van der Waals surface area contributed by atoms with Crippen LogP contribution in [0.1, 0.15) is 10.5 Å². The number of thiazole rings is 1. The van der Waals surface area contributed by atoms with Crippen LogP contribution < -0.4 is 15.4 Å². The predicted octanol–water partition coefficient (Wildman–Crippen LogP) is 4.20. The van der Waals surface area contributed by atoms with E-state index < -0.39 is 0 Å². The maximum atomic E-state index is 12.3. The molecule has 8 heteroatoms. The summed E-state index contributed by atoms with van der Waals surface area (Å²) in [5.41, 5.74) is 1.69. The predicted molar refractivity (Wildman–Crippen MR) is 95.6 cm³/mol. The van der Waals surface area contributed by atoms with E-state index in [1.165, 1.54) is 18.4 Å². The minimum absolute atomic E-state index is 0.313. The SMILES string of the molecule is COc1ccc(NC(=O)c2csc(Nc3cccnc3)n2)cc1Cl. The zero-order valence-corrected chi connectivity index (χ0v) is 14.2. The number of amides is 1. The number of nitrogens with zero attached hydrogens (tertiary/aromatic N) is 2. The second-order valence-electron chi connectivity index (χ2n) is 4.71. The third kappa shape index (κ3) is 3.81. The Morgan fingerprint density at radius 3 is 2.88 bits per heavy atom. The van der Waals surface area contributed by atoms with Crippen LogP contribution in [0.2, 0.25) is 5.02 Å². The van der Waals surface area contributed by atoms with Crippen molar-refractivity contribution in [3.8, 4) is 5.75 Å². The van der Waals surface area contributed by atoms with Gasteiger partial charge in [0.1, 0.15) is 11.4 Å². The van der Waals surface area contributed by atoms with Crippen molar-refractivity contribution in [2.24, 2.45) is 0 Å². The molecule has 0 saturated carbocycles. The number of carbonyl (C=O) groups is 1. The van der Waals surface area contributed by atoms with Gasteiger partial charge in [-0.2, -0.15) is 0 Å². The van der Waals surface area contributed by atoms with Crippen molar-refractivity contribution >= 4 is 45.4 Å². The third-order valence-electron chi connectivity index (χ3n) is 3.06. The van der Waals surface area contributed by atoms with E-state index >= 15 is 0 Å². The molecule has 2 heterocycles. The van der Waals surface area contributed by atoms with E-state index in [0.717, 1.165) is 5.69 Å². The molecule has 2 aromatic heterocycles. The van der Waals surface area contributed by atoms with Gasteiger partial charge in [0.15, 0.2) is 5.13 Å². The van der Waals surface area contributed by atoms with Crippen LogP contribution in [-0.2, 0) is 0 Å². The van der Waals surface area contributed by atoms with E-state index in [1.54, 1.807) is 36.0 Å². The first-order chi connectivity index (χ1) is 11.7. The minimum Gasteiger partial charge on any atom is -0.495 e. The molecular formula is C16H13ClN4O2S. The summed E-state index contributed by atoms with van der Waals surface area (Å²) in [7, 11) is 1.53. The zero-order valence-electron chi connectivity index (χ0n) is 12.6. The fourth-order valence-electron chi connectivity index (χ4n) is 1.93. The van der Waals surface area contributed by atoms with Crippen LogP contribution in [-0.4, -0.2) is 23.0 Å². The first-order valence-corrected chi connectivity index (χ1v) is 8.19. The highest BCUT2D eigenvalue weighted by Crippen LogP contribution is 2.27. The molecule has 0 unspecified atom stereocenters. The fourth-order valence-corrected chi connectivity index (χ4v) is 2.90. The molecular weight excluding hydrogens is 348 g/mol. The molecule has 1 aromatic carbocycles. The van der Waals surface area contributed by atoms with Gasteiger partial charge in [-0.05, 0) is 30.3 Å². The van der Waals surface area contributed by atoms with Gasteiger partial charge < -0.3 is 15.4 Å². The van der Waals surface area contributed by atoms with Gasteiger partial charge in [-0.3, -0.25) is 9.78 Å². The van der Waals surface area contributed by atoms with Gasteiger partial charge >= 0.3 is 0 Å². The molecule has 0 bridgehead atoms. The van der Waals surface area contributed by atoms with Crippen LogP contribution in [0, 0.1) is 0 Å². The first-order valence-electron chi connectivity index (χ1n) is 6.93. The van der Waals surface area contributed by atoms with Crippen LogP contribution >= 0.6 is 22.9 Å². The lowest BCUT2D eigenvalue weighted by atomic mass is 10.3. The van der Waals surface area contributed by atoms with E-state index in [4.69, 9.17) is 16.3 Å². The van der Waals surface area contributed by atoms with Gasteiger partial charge in [-0.15, -0.1) is 11.3 Å². The average molecular weight is 361 g/mol. The largest absolute Gasteiger partial charge is 0.495 e. The standard InChI is InChI=1S/C16H13ClN4O2S/c1-23-14-5-4-10(7-12(14)17)19-15(22)13-9-24-16(21-13)20-11-3-2-6-18-8-11/h2-9H,1H3,(H,19,22)(H,20,21). The van der Waals surface area contributed by atoms with Gasteiger partial charge in [0, 0.05) is 17.3 Å². The maximum absolute atomic E-state index is 12.3. The van der Waals surface area contributed by atoms with E-state index in [2.05, 4.69) is 20.6 Å².